The molecule has 1 heteroatoms. The molecule has 2 N–H and O–H groups in total. The van der Waals surface area contributed by atoms with Gasteiger partial charge in [0.25, 0.3) is 0 Å². The van der Waals surface area contributed by atoms with Gasteiger partial charge in [-0.15, -0.1) is 0 Å². The zero-order chi connectivity index (χ0) is 8.60. The van der Waals surface area contributed by atoms with Gasteiger partial charge in [0, 0.05) is 6.04 Å². The van der Waals surface area contributed by atoms with Crippen molar-refractivity contribution in [3.63, 3.8) is 0 Å². The fourth-order valence-electron chi connectivity index (χ4n) is 3.35. The predicted molar refractivity (Wildman–Crippen MR) is 51.9 cm³/mol. The average Bonchev–Trinajstić information content (AvgIpc) is 2.02. The first-order valence-corrected chi connectivity index (χ1v) is 5.46. The summed E-state index contributed by atoms with van der Waals surface area (Å²) in [5, 5.41) is 0. The second-order valence-electron chi connectivity index (χ2n) is 5.14. The predicted octanol–water partition coefficient (Wildman–Crippen LogP) is 2.69. The van der Waals surface area contributed by atoms with Crippen LogP contribution in [0.25, 0.3) is 0 Å². The first kappa shape index (κ1) is 8.55. The lowest BCUT2D eigenvalue weighted by Crippen LogP contribution is -2.42. The van der Waals surface area contributed by atoms with E-state index < -0.39 is 0 Å². The molecule has 2 aliphatic carbocycles. The molecule has 2 rings (SSSR count). The van der Waals surface area contributed by atoms with E-state index in [1.54, 1.807) is 0 Å². The largest absolute Gasteiger partial charge is 0.328 e. The molecule has 0 aromatic rings. The molecular formula is C11H21N. The Morgan fingerprint density at radius 2 is 2.00 bits per heavy atom. The highest BCUT2D eigenvalue weighted by Crippen LogP contribution is 2.49. The van der Waals surface area contributed by atoms with Crippen LogP contribution in [0.3, 0.4) is 0 Å². The number of nitrogens with two attached hydrogens (primary N) is 1. The van der Waals surface area contributed by atoms with Crippen LogP contribution in [0.4, 0.5) is 0 Å². The highest BCUT2D eigenvalue weighted by molar-refractivity contribution is 4.93. The van der Waals surface area contributed by atoms with Crippen molar-refractivity contribution in [1.29, 1.82) is 0 Å². The minimum Gasteiger partial charge on any atom is -0.328 e. The van der Waals surface area contributed by atoms with Crippen LogP contribution in [0, 0.1) is 11.3 Å². The van der Waals surface area contributed by atoms with Gasteiger partial charge in [-0.25, -0.2) is 0 Å². The van der Waals surface area contributed by atoms with E-state index in [2.05, 4.69) is 6.92 Å². The quantitative estimate of drug-likeness (QED) is 0.590. The second-order valence-corrected chi connectivity index (χ2v) is 5.14. The van der Waals surface area contributed by atoms with Crippen molar-refractivity contribution in [1.82, 2.24) is 0 Å². The summed E-state index contributed by atoms with van der Waals surface area (Å²) in [6.07, 6.45) is 9.79. The third kappa shape index (κ3) is 1.39. The molecule has 0 saturated heterocycles. The summed E-state index contributed by atoms with van der Waals surface area (Å²) < 4.78 is 0. The number of hydrogen-bond acceptors (Lipinski definition) is 1. The van der Waals surface area contributed by atoms with Crippen molar-refractivity contribution in [2.24, 2.45) is 17.1 Å². The molecule has 12 heavy (non-hydrogen) atoms. The zero-order valence-electron chi connectivity index (χ0n) is 8.18. The van der Waals surface area contributed by atoms with Crippen molar-refractivity contribution in [2.45, 2.75) is 57.9 Å². The Morgan fingerprint density at radius 3 is 2.83 bits per heavy atom. The molecule has 0 heterocycles. The third-order valence-corrected chi connectivity index (χ3v) is 4.15. The summed E-state index contributed by atoms with van der Waals surface area (Å²) in [6.45, 7) is 2.47. The van der Waals surface area contributed by atoms with Crippen molar-refractivity contribution in [3.05, 3.63) is 0 Å². The molecule has 0 aliphatic heterocycles. The molecule has 1 nitrogen and oxygen atoms in total. The first-order chi connectivity index (χ1) is 5.71. The minimum atomic E-state index is 0.504. The summed E-state index contributed by atoms with van der Waals surface area (Å²) in [7, 11) is 0. The Kier molecular flexibility index (Phi) is 2.16. The standard InChI is InChI=1S/C11H21N/c1-11-7-3-2-4-9(11)5-6-10(12)8-11/h9-10H,2-8,12H2,1H3/t9-,10-,11-/m1/s1. The number of rotatable bonds is 0. The van der Waals surface area contributed by atoms with E-state index in [9.17, 15) is 0 Å². The van der Waals surface area contributed by atoms with Gasteiger partial charge in [-0.2, -0.15) is 0 Å². The smallest absolute Gasteiger partial charge is 0.00442 e. The van der Waals surface area contributed by atoms with Gasteiger partial charge in [0.1, 0.15) is 0 Å². The second kappa shape index (κ2) is 3.02. The molecule has 0 amide bonds. The van der Waals surface area contributed by atoms with E-state index >= 15 is 0 Å². The zero-order valence-corrected chi connectivity index (χ0v) is 8.18. The van der Waals surface area contributed by atoms with Crippen LogP contribution in [0.15, 0.2) is 0 Å². The minimum absolute atomic E-state index is 0.504. The van der Waals surface area contributed by atoms with Crippen molar-refractivity contribution >= 4 is 0 Å². The van der Waals surface area contributed by atoms with E-state index in [0.29, 0.717) is 11.5 Å². The fourth-order valence-corrected chi connectivity index (χ4v) is 3.35. The van der Waals surface area contributed by atoms with Crippen LogP contribution >= 0.6 is 0 Å². The van der Waals surface area contributed by atoms with E-state index in [0.717, 1.165) is 5.92 Å². The van der Waals surface area contributed by atoms with Crippen LogP contribution in [-0.4, -0.2) is 6.04 Å². The Hall–Kier alpha value is -0.0400. The first-order valence-electron chi connectivity index (χ1n) is 5.46. The molecule has 2 fully saturated rings. The summed E-state index contributed by atoms with van der Waals surface area (Å²) in [5.41, 5.74) is 6.65. The third-order valence-electron chi connectivity index (χ3n) is 4.15. The molecule has 3 atom stereocenters. The van der Waals surface area contributed by atoms with Gasteiger partial charge >= 0.3 is 0 Å². The number of fused-ring (bicyclic) bond motifs is 1. The highest BCUT2D eigenvalue weighted by Gasteiger charge is 2.40. The SMILES string of the molecule is C[C@]12CCCC[C@@H]1CC[C@@H](N)C2. The normalized spacial score (nSPS) is 48.5. The van der Waals surface area contributed by atoms with Crippen LogP contribution in [-0.2, 0) is 0 Å². The fraction of sp³-hybridized carbons (Fsp3) is 1.00. The van der Waals surface area contributed by atoms with Crippen LogP contribution in [0.2, 0.25) is 0 Å². The number of hydrogen-bond donors (Lipinski definition) is 1. The maximum absolute atomic E-state index is 6.03. The van der Waals surface area contributed by atoms with E-state index in [-0.39, 0.29) is 0 Å². The van der Waals surface area contributed by atoms with Gasteiger partial charge in [-0.05, 0) is 43.4 Å². The lowest BCUT2D eigenvalue weighted by Gasteiger charge is -2.47. The van der Waals surface area contributed by atoms with E-state index in [1.807, 2.05) is 0 Å². The maximum atomic E-state index is 6.03. The van der Waals surface area contributed by atoms with Crippen molar-refractivity contribution in [2.75, 3.05) is 0 Å². The Balaban J connectivity index is 2.07. The molecule has 70 valence electrons. The van der Waals surface area contributed by atoms with Gasteiger partial charge in [0.05, 0.1) is 0 Å². The Labute approximate surface area is 75.7 Å². The van der Waals surface area contributed by atoms with Gasteiger partial charge in [-0.3, -0.25) is 0 Å². The van der Waals surface area contributed by atoms with Crippen LogP contribution in [0.1, 0.15) is 51.9 Å². The summed E-state index contributed by atoms with van der Waals surface area (Å²) in [4.78, 5) is 0. The van der Waals surface area contributed by atoms with Crippen LogP contribution < -0.4 is 5.73 Å². The van der Waals surface area contributed by atoms with Gasteiger partial charge in [0.15, 0.2) is 0 Å². The molecule has 0 aromatic carbocycles. The molecule has 0 radical (unpaired) electrons. The molecule has 2 saturated carbocycles. The van der Waals surface area contributed by atoms with Crippen molar-refractivity contribution < 1.29 is 0 Å². The molecular weight excluding hydrogens is 146 g/mol. The summed E-state index contributed by atoms with van der Waals surface area (Å²) >= 11 is 0. The summed E-state index contributed by atoms with van der Waals surface area (Å²) in [6, 6.07) is 0.504. The molecule has 0 bridgehead atoms. The van der Waals surface area contributed by atoms with Gasteiger partial charge in [-0.1, -0.05) is 19.8 Å². The molecule has 0 aromatic heterocycles. The lowest BCUT2D eigenvalue weighted by atomic mass is 9.59. The monoisotopic (exact) mass is 167 g/mol. The summed E-state index contributed by atoms with van der Waals surface area (Å²) in [5.74, 6) is 1.01. The van der Waals surface area contributed by atoms with Crippen LogP contribution in [0.5, 0.6) is 0 Å². The Morgan fingerprint density at radius 1 is 1.17 bits per heavy atom. The van der Waals surface area contributed by atoms with Gasteiger partial charge < -0.3 is 5.73 Å². The highest BCUT2D eigenvalue weighted by atomic mass is 14.7. The topological polar surface area (TPSA) is 26.0 Å². The average molecular weight is 167 g/mol. The Bertz CT molecular complexity index is 166. The van der Waals surface area contributed by atoms with E-state index in [1.165, 1.54) is 44.9 Å². The van der Waals surface area contributed by atoms with Gasteiger partial charge in [0.2, 0.25) is 0 Å². The molecule has 0 unspecified atom stereocenters. The lowest BCUT2D eigenvalue weighted by molar-refractivity contribution is 0.0544. The molecule has 0 spiro atoms. The molecule has 2 aliphatic rings. The van der Waals surface area contributed by atoms with E-state index in [4.69, 9.17) is 5.73 Å². The maximum Gasteiger partial charge on any atom is 0.00442 e. The van der Waals surface area contributed by atoms with Crippen molar-refractivity contribution in [3.8, 4) is 0 Å².